The summed E-state index contributed by atoms with van der Waals surface area (Å²) >= 11 is 0. The Kier molecular flexibility index (Phi) is 4.66. The smallest absolute Gasteiger partial charge is 0.338 e. The van der Waals surface area contributed by atoms with Crippen molar-refractivity contribution >= 4 is 17.5 Å². The maximum atomic E-state index is 11.6. The van der Waals surface area contributed by atoms with E-state index in [0.29, 0.717) is 11.3 Å². The Balaban J connectivity index is 3.12. The van der Waals surface area contributed by atoms with Gasteiger partial charge in [0, 0.05) is 12.5 Å². The molecule has 0 atom stereocenters. The molecule has 1 aromatic carbocycles. The summed E-state index contributed by atoms with van der Waals surface area (Å²) < 4.78 is 9.92. The van der Waals surface area contributed by atoms with Crippen LogP contribution in [-0.4, -0.2) is 18.5 Å². The molecule has 0 aliphatic rings. The zero-order valence-corrected chi connectivity index (χ0v) is 10.8. The molecule has 0 aliphatic heterocycles. The van der Waals surface area contributed by atoms with Crippen LogP contribution in [0.1, 0.15) is 25.0 Å². The molecule has 0 fully saturated rings. The van der Waals surface area contributed by atoms with E-state index in [0.717, 1.165) is 5.56 Å². The minimum Gasteiger partial charge on any atom is -0.462 e. The average molecular weight is 248 g/mol. The van der Waals surface area contributed by atoms with Gasteiger partial charge in [-0.25, -0.2) is 4.79 Å². The molecular weight excluding hydrogens is 232 g/mol. The highest BCUT2D eigenvalue weighted by Gasteiger charge is 2.16. The second kappa shape index (κ2) is 6.00. The average Bonchev–Trinajstić information content (AvgIpc) is 2.30. The number of aryl methyl sites for hydroxylation is 1. The van der Waals surface area contributed by atoms with E-state index in [1.165, 1.54) is 6.92 Å². The lowest BCUT2D eigenvalue weighted by atomic mass is 10.0. The third-order valence-electron chi connectivity index (χ3n) is 2.24. The maximum absolute atomic E-state index is 11.6. The first-order valence-corrected chi connectivity index (χ1v) is 5.61. The van der Waals surface area contributed by atoms with Crippen molar-refractivity contribution in [2.75, 3.05) is 6.61 Å². The number of carbonyl (C=O) groups excluding carboxylic acids is 2. The van der Waals surface area contributed by atoms with Crippen molar-refractivity contribution in [2.45, 2.75) is 20.8 Å². The van der Waals surface area contributed by atoms with Crippen LogP contribution in [0.15, 0.2) is 24.8 Å². The van der Waals surface area contributed by atoms with Crippen molar-refractivity contribution < 1.29 is 19.1 Å². The minimum atomic E-state index is -0.517. The molecule has 0 radical (unpaired) electrons. The Hall–Kier alpha value is -2.10. The van der Waals surface area contributed by atoms with Crippen LogP contribution in [0.5, 0.6) is 5.75 Å². The van der Waals surface area contributed by atoms with Gasteiger partial charge in [-0.2, -0.15) is 0 Å². The monoisotopic (exact) mass is 248 g/mol. The first-order chi connectivity index (χ1) is 8.45. The summed E-state index contributed by atoms with van der Waals surface area (Å²) in [5.41, 5.74) is 1.59. The Morgan fingerprint density at radius 2 is 2.00 bits per heavy atom. The quantitative estimate of drug-likeness (QED) is 0.466. The molecule has 0 aliphatic carbocycles. The van der Waals surface area contributed by atoms with Crippen LogP contribution in [0, 0.1) is 6.92 Å². The van der Waals surface area contributed by atoms with Gasteiger partial charge >= 0.3 is 11.9 Å². The molecule has 4 heteroatoms. The zero-order chi connectivity index (χ0) is 13.7. The molecule has 0 unspecified atom stereocenters. The van der Waals surface area contributed by atoms with Crippen LogP contribution in [0.4, 0.5) is 0 Å². The number of benzene rings is 1. The third kappa shape index (κ3) is 3.45. The van der Waals surface area contributed by atoms with Gasteiger partial charge in [-0.05, 0) is 26.0 Å². The molecule has 0 spiro atoms. The number of esters is 2. The summed E-state index contributed by atoms with van der Waals surface area (Å²) in [6.45, 7) is 8.85. The topological polar surface area (TPSA) is 52.6 Å². The van der Waals surface area contributed by atoms with Crippen LogP contribution in [0.25, 0.3) is 5.57 Å². The number of hydrogen-bond donors (Lipinski definition) is 0. The highest BCUT2D eigenvalue weighted by Crippen LogP contribution is 2.27. The summed E-state index contributed by atoms with van der Waals surface area (Å²) in [5.74, 6) is -0.653. The van der Waals surface area contributed by atoms with E-state index in [1.807, 2.05) is 6.92 Å². The summed E-state index contributed by atoms with van der Waals surface area (Å²) in [7, 11) is 0. The summed E-state index contributed by atoms with van der Waals surface area (Å²) in [4.78, 5) is 22.6. The normalized spacial score (nSPS) is 9.72. The van der Waals surface area contributed by atoms with Gasteiger partial charge in [0.1, 0.15) is 5.75 Å². The Morgan fingerprint density at radius 3 is 2.56 bits per heavy atom. The lowest BCUT2D eigenvalue weighted by molar-refractivity contribution is -0.136. The van der Waals surface area contributed by atoms with Crippen LogP contribution < -0.4 is 4.74 Å². The number of carbonyl (C=O) groups is 2. The van der Waals surface area contributed by atoms with Gasteiger partial charge in [0.2, 0.25) is 0 Å². The second-order valence-corrected chi connectivity index (χ2v) is 3.79. The zero-order valence-electron chi connectivity index (χ0n) is 10.8. The van der Waals surface area contributed by atoms with Crippen molar-refractivity contribution in [2.24, 2.45) is 0 Å². The molecule has 0 bridgehead atoms. The van der Waals surface area contributed by atoms with Crippen LogP contribution in [0.3, 0.4) is 0 Å². The first-order valence-electron chi connectivity index (χ1n) is 5.61. The fraction of sp³-hybridized carbons (Fsp3) is 0.286. The molecular formula is C14H16O4. The van der Waals surface area contributed by atoms with Crippen molar-refractivity contribution in [1.82, 2.24) is 0 Å². The highest BCUT2D eigenvalue weighted by atomic mass is 16.5. The van der Waals surface area contributed by atoms with E-state index in [4.69, 9.17) is 9.47 Å². The van der Waals surface area contributed by atoms with Gasteiger partial charge in [0.25, 0.3) is 0 Å². The standard InChI is InChI=1S/C14H16O4/c1-5-17-14(16)10(3)12-8-9(2)6-7-13(12)18-11(4)15/h6-8H,3,5H2,1-2,4H3. The summed E-state index contributed by atoms with van der Waals surface area (Å²) in [6.07, 6.45) is 0. The van der Waals surface area contributed by atoms with E-state index in [-0.39, 0.29) is 12.2 Å². The van der Waals surface area contributed by atoms with Gasteiger partial charge in [0.05, 0.1) is 12.2 Å². The van der Waals surface area contributed by atoms with E-state index in [1.54, 1.807) is 25.1 Å². The Labute approximate surface area is 106 Å². The predicted molar refractivity (Wildman–Crippen MR) is 68.2 cm³/mol. The lowest BCUT2D eigenvalue weighted by Crippen LogP contribution is -2.09. The SMILES string of the molecule is C=C(C(=O)OCC)c1cc(C)ccc1OC(C)=O. The number of rotatable bonds is 4. The van der Waals surface area contributed by atoms with Crippen molar-refractivity contribution in [3.05, 3.63) is 35.9 Å². The predicted octanol–water partition coefficient (Wildman–Crippen LogP) is 2.50. The van der Waals surface area contributed by atoms with Crippen molar-refractivity contribution in [1.29, 1.82) is 0 Å². The summed E-state index contributed by atoms with van der Waals surface area (Å²) in [5, 5.41) is 0. The molecule has 1 aromatic rings. The molecule has 18 heavy (non-hydrogen) atoms. The Bertz CT molecular complexity index is 489. The van der Waals surface area contributed by atoms with Gasteiger partial charge in [-0.3, -0.25) is 4.79 Å². The number of ether oxygens (including phenoxy) is 2. The van der Waals surface area contributed by atoms with Crippen LogP contribution in [0.2, 0.25) is 0 Å². The Morgan fingerprint density at radius 1 is 1.33 bits per heavy atom. The highest BCUT2D eigenvalue weighted by molar-refractivity contribution is 6.16. The lowest BCUT2D eigenvalue weighted by Gasteiger charge is -2.11. The minimum absolute atomic E-state index is 0.178. The van der Waals surface area contributed by atoms with Crippen LogP contribution >= 0.6 is 0 Å². The van der Waals surface area contributed by atoms with Gasteiger partial charge in [0.15, 0.2) is 0 Å². The number of hydrogen-bond acceptors (Lipinski definition) is 4. The largest absolute Gasteiger partial charge is 0.462 e. The fourth-order valence-corrected chi connectivity index (χ4v) is 1.45. The first kappa shape index (κ1) is 14.0. The molecule has 4 nitrogen and oxygen atoms in total. The molecule has 1 rings (SSSR count). The molecule has 0 amide bonds. The van der Waals surface area contributed by atoms with Crippen molar-refractivity contribution in [3.8, 4) is 5.75 Å². The van der Waals surface area contributed by atoms with Crippen LogP contribution in [-0.2, 0) is 14.3 Å². The maximum Gasteiger partial charge on any atom is 0.338 e. The van der Waals surface area contributed by atoms with Crippen molar-refractivity contribution in [3.63, 3.8) is 0 Å². The third-order valence-corrected chi connectivity index (χ3v) is 2.24. The second-order valence-electron chi connectivity index (χ2n) is 3.79. The van der Waals surface area contributed by atoms with Gasteiger partial charge < -0.3 is 9.47 Å². The van der Waals surface area contributed by atoms with E-state index < -0.39 is 11.9 Å². The molecule has 0 saturated heterocycles. The molecule has 0 aromatic heterocycles. The summed E-state index contributed by atoms with van der Waals surface area (Å²) in [6, 6.07) is 5.16. The van der Waals surface area contributed by atoms with Gasteiger partial charge in [-0.15, -0.1) is 0 Å². The molecule has 96 valence electrons. The van der Waals surface area contributed by atoms with E-state index in [2.05, 4.69) is 6.58 Å². The molecule has 0 heterocycles. The van der Waals surface area contributed by atoms with E-state index >= 15 is 0 Å². The fourth-order valence-electron chi connectivity index (χ4n) is 1.45. The molecule has 0 saturated carbocycles. The van der Waals surface area contributed by atoms with Gasteiger partial charge in [-0.1, -0.05) is 18.2 Å². The van der Waals surface area contributed by atoms with E-state index in [9.17, 15) is 9.59 Å². The molecule has 0 N–H and O–H groups in total.